The molecule has 1 unspecified atom stereocenters. The Bertz CT molecular complexity index is 661. The molecule has 0 aliphatic rings. The smallest absolute Gasteiger partial charge is 0.0388 e. The fourth-order valence-electron chi connectivity index (χ4n) is 2.15. The summed E-state index contributed by atoms with van der Waals surface area (Å²) in [4.78, 5) is 5.52. The third kappa shape index (κ3) is 2.83. The minimum atomic E-state index is 0.396. The van der Waals surface area contributed by atoms with Crippen LogP contribution in [0.25, 0.3) is 10.8 Å². The van der Waals surface area contributed by atoms with Gasteiger partial charge in [-0.05, 0) is 41.5 Å². The van der Waals surface area contributed by atoms with Gasteiger partial charge in [0.1, 0.15) is 0 Å². The number of benzene rings is 1. The van der Waals surface area contributed by atoms with Gasteiger partial charge in [-0.25, -0.2) is 0 Å². The zero-order valence-electron chi connectivity index (χ0n) is 10.8. The maximum absolute atomic E-state index is 4.14. The summed E-state index contributed by atoms with van der Waals surface area (Å²) >= 11 is 1.80. The van der Waals surface area contributed by atoms with Crippen molar-refractivity contribution in [1.82, 2.24) is 10.3 Å². The molecule has 0 aliphatic carbocycles. The minimum absolute atomic E-state index is 0.396. The molecule has 0 fully saturated rings. The molecule has 0 saturated carbocycles. The van der Waals surface area contributed by atoms with Gasteiger partial charge in [-0.1, -0.05) is 18.2 Å². The molecule has 96 valence electrons. The Morgan fingerprint density at radius 3 is 3.00 bits per heavy atom. The van der Waals surface area contributed by atoms with Gasteiger partial charge in [-0.3, -0.25) is 4.98 Å². The van der Waals surface area contributed by atoms with E-state index < -0.39 is 0 Å². The predicted octanol–water partition coefficient (Wildman–Crippen LogP) is 4.15. The average Bonchev–Trinajstić information content (AvgIpc) is 2.99. The number of nitrogens with one attached hydrogen (secondary N) is 1. The molecule has 2 nitrogen and oxygen atoms in total. The van der Waals surface area contributed by atoms with Crippen LogP contribution in [0.5, 0.6) is 0 Å². The summed E-state index contributed by atoms with van der Waals surface area (Å²) in [6.07, 6.45) is 3.74. The Hall–Kier alpha value is -1.71. The highest BCUT2D eigenvalue weighted by atomic mass is 32.1. The third-order valence-electron chi connectivity index (χ3n) is 3.29. The lowest BCUT2D eigenvalue weighted by molar-refractivity contribution is 0.583. The van der Waals surface area contributed by atoms with Gasteiger partial charge in [0.25, 0.3) is 0 Å². The molecule has 0 saturated heterocycles. The van der Waals surface area contributed by atoms with Crippen LogP contribution in [0.15, 0.2) is 54.2 Å². The van der Waals surface area contributed by atoms with Gasteiger partial charge in [0.05, 0.1) is 0 Å². The first-order valence-corrected chi connectivity index (χ1v) is 7.30. The fourth-order valence-corrected chi connectivity index (χ4v) is 2.91. The number of nitrogens with zero attached hydrogens (tertiary/aromatic N) is 1. The SMILES string of the molecule is CC(NCc1ccc2cnccc2c1)c1cccs1. The Labute approximate surface area is 117 Å². The largest absolute Gasteiger partial charge is 0.305 e. The summed E-state index contributed by atoms with van der Waals surface area (Å²) in [5.41, 5.74) is 1.31. The van der Waals surface area contributed by atoms with E-state index in [2.05, 4.69) is 59.0 Å². The number of rotatable bonds is 4. The van der Waals surface area contributed by atoms with Gasteiger partial charge < -0.3 is 5.32 Å². The molecule has 1 atom stereocenters. The van der Waals surface area contributed by atoms with Crippen LogP contribution in [-0.4, -0.2) is 4.98 Å². The van der Waals surface area contributed by atoms with Gasteiger partial charge in [0, 0.05) is 35.2 Å². The van der Waals surface area contributed by atoms with Crippen LogP contribution in [0.1, 0.15) is 23.4 Å². The van der Waals surface area contributed by atoms with Crippen molar-refractivity contribution in [2.45, 2.75) is 19.5 Å². The van der Waals surface area contributed by atoms with E-state index >= 15 is 0 Å². The lowest BCUT2D eigenvalue weighted by Gasteiger charge is -2.12. The van der Waals surface area contributed by atoms with Crippen molar-refractivity contribution in [3.05, 3.63) is 64.6 Å². The normalized spacial score (nSPS) is 12.7. The molecule has 2 aromatic heterocycles. The number of hydrogen-bond donors (Lipinski definition) is 1. The molecule has 0 radical (unpaired) electrons. The summed E-state index contributed by atoms with van der Waals surface area (Å²) in [7, 11) is 0. The van der Waals surface area contributed by atoms with Crippen molar-refractivity contribution in [2.75, 3.05) is 0 Å². The Balaban J connectivity index is 1.71. The molecule has 2 heterocycles. The molecule has 1 aromatic carbocycles. The second kappa shape index (κ2) is 5.51. The van der Waals surface area contributed by atoms with Crippen LogP contribution in [0.2, 0.25) is 0 Å². The lowest BCUT2D eigenvalue weighted by Crippen LogP contribution is -2.17. The Kier molecular flexibility index (Phi) is 3.58. The zero-order valence-corrected chi connectivity index (χ0v) is 11.7. The van der Waals surface area contributed by atoms with E-state index in [-0.39, 0.29) is 0 Å². The van der Waals surface area contributed by atoms with E-state index in [9.17, 15) is 0 Å². The Morgan fingerprint density at radius 1 is 1.21 bits per heavy atom. The molecule has 0 bridgehead atoms. The molecule has 0 aliphatic heterocycles. The highest BCUT2D eigenvalue weighted by molar-refractivity contribution is 7.10. The third-order valence-corrected chi connectivity index (χ3v) is 4.34. The maximum atomic E-state index is 4.14. The monoisotopic (exact) mass is 268 g/mol. The van der Waals surface area contributed by atoms with Crippen LogP contribution in [0.3, 0.4) is 0 Å². The van der Waals surface area contributed by atoms with Crippen molar-refractivity contribution in [3.63, 3.8) is 0 Å². The van der Waals surface area contributed by atoms with E-state index in [1.807, 2.05) is 12.4 Å². The zero-order chi connectivity index (χ0) is 13.1. The minimum Gasteiger partial charge on any atom is -0.305 e. The molecular weight excluding hydrogens is 252 g/mol. The summed E-state index contributed by atoms with van der Waals surface area (Å²) in [6.45, 7) is 3.09. The second-order valence-electron chi connectivity index (χ2n) is 4.68. The van der Waals surface area contributed by atoms with Crippen molar-refractivity contribution >= 4 is 22.1 Å². The number of hydrogen-bond acceptors (Lipinski definition) is 3. The number of thiophene rings is 1. The number of pyridine rings is 1. The maximum Gasteiger partial charge on any atom is 0.0388 e. The van der Waals surface area contributed by atoms with E-state index in [1.54, 1.807) is 11.3 Å². The summed E-state index contributed by atoms with van der Waals surface area (Å²) in [5.74, 6) is 0. The first-order chi connectivity index (χ1) is 9.33. The first kappa shape index (κ1) is 12.3. The van der Waals surface area contributed by atoms with Crippen LogP contribution in [0, 0.1) is 0 Å². The van der Waals surface area contributed by atoms with Gasteiger partial charge in [0.2, 0.25) is 0 Å². The van der Waals surface area contributed by atoms with E-state index in [0.29, 0.717) is 6.04 Å². The predicted molar refractivity (Wildman–Crippen MR) is 81.3 cm³/mol. The highest BCUT2D eigenvalue weighted by Gasteiger charge is 2.05. The molecule has 3 aromatic rings. The van der Waals surface area contributed by atoms with E-state index in [0.717, 1.165) is 6.54 Å². The molecule has 3 rings (SSSR count). The number of aromatic nitrogens is 1. The lowest BCUT2D eigenvalue weighted by atomic mass is 10.1. The average molecular weight is 268 g/mol. The van der Waals surface area contributed by atoms with Gasteiger partial charge in [0.15, 0.2) is 0 Å². The van der Waals surface area contributed by atoms with Crippen LogP contribution >= 0.6 is 11.3 Å². The fraction of sp³-hybridized carbons (Fsp3) is 0.188. The standard InChI is InChI=1S/C16H16N2S/c1-12(16-3-2-8-19-16)18-10-13-4-5-15-11-17-7-6-14(15)9-13/h2-9,11-12,18H,10H2,1H3. The van der Waals surface area contributed by atoms with Crippen molar-refractivity contribution in [1.29, 1.82) is 0 Å². The van der Waals surface area contributed by atoms with Gasteiger partial charge >= 0.3 is 0 Å². The molecule has 0 amide bonds. The summed E-state index contributed by atoms with van der Waals surface area (Å²) < 4.78 is 0. The summed E-state index contributed by atoms with van der Waals surface area (Å²) in [6, 6.07) is 13.3. The molecular formula is C16H16N2S. The first-order valence-electron chi connectivity index (χ1n) is 6.42. The van der Waals surface area contributed by atoms with Crippen molar-refractivity contribution < 1.29 is 0 Å². The highest BCUT2D eigenvalue weighted by Crippen LogP contribution is 2.19. The molecule has 1 N–H and O–H groups in total. The van der Waals surface area contributed by atoms with Gasteiger partial charge in [-0.2, -0.15) is 0 Å². The molecule has 0 spiro atoms. The second-order valence-corrected chi connectivity index (χ2v) is 5.65. The number of fused-ring (bicyclic) bond motifs is 1. The van der Waals surface area contributed by atoms with Crippen LogP contribution in [0.4, 0.5) is 0 Å². The van der Waals surface area contributed by atoms with Gasteiger partial charge in [-0.15, -0.1) is 11.3 Å². The van der Waals surface area contributed by atoms with Crippen molar-refractivity contribution in [3.8, 4) is 0 Å². The molecule has 3 heteroatoms. The quantitative estimate of drug-likeness (QED) is 0.769. The van der Waals surface area contributed by atoms with E-state index in [4.69, 9.17) is 0 Å². The van der Waals surface area contributed by atoms with Crippen molar-refractivity contribution in [2.24, 2.45) is 0 Å². The van der Waals surface area contributed by atoms with Crippen LogP contribution < -0.4 is 5.32 Å². The Morgan fingerprint density at radius 2 is 2.16 bits per heavy atom. The topological polar surface area (TPSA) is 24.9 Å². The molecule has 19 heavy (non-hydrogen) atoms. The summed E-state index contributed by atoms with van der Waals surface area (Å²) in [5, 5.41) is 8.12. The van der Waals surface area contributed by atoms with Crippen LogP contribution in [-0.2, 0) is 6.54 Å². The van der Waals surface area contributed by atoms with E-state index in [1.165, 1.54) is 21.2 Å².